The Morgan fingerprint density at radius 2 is 2.04 bits per heavy atom. The van der Waals surface area contributed by atoms with E-state index < -0.39 is 0 Å². The van der Waals surface area contributed by atoms with Gasteiger partial charge in [0.2, 0.25) is 0 Å². The molecule has 130 valence electrons. The van der Waals surface area contributed by atoms with E-state index in [1.165, 1.54) is 23.3 Å². The lowest BCUT2D eigenvalue weighted by atomic mass is 9.82. The average Bonchev–Trinajstić information content (AvgIpc) is 2.59. The number of methoxy groups -OCH3 is 1. The Morgan fingerprint density at radius 1 is 1.29 bits per heavy atom. The summed E-state index contributed by atoms with van der Waals surface area (Å²) < 4.78 is 5.38. The first-order chi connectivity index (χ1) is 11.5. The molecule has 1 aromatic rings. The van der Waals surface area contributed by atoms with E-state index in [0.29, 0.717) is 11.4 Å². The van der Waals surface area contributed by atoms with Crippen LogP contribution in [0.1, 0.15) is 24.8 Å². The quantitative estimate of drug-likeness (QED) is 0.574. The van der Waals surface area contributed by atoms with Crippen LogP contribution in [0, 0.1) is 0 Å². The Balaban J connectivity index is 1.90. The van der Waals surface area contributed by atoms with Crippen LogP contribution < -0.4 is 0 Å². The van der Waals surface area contributed by atoms with Crippen LogP contribution >= 0.6 is 11.6 Å². The number of aromatic hydroxyl groups is 2. The number of hydrogen-bond donors (Lipinski definition) is 3. The first-order valence-corrected chi connectivity index (χ1v) is 8.40. The van der Waals surface area contributed by atoms with Gasteiger partial charge >= 0.3 is 0 Å². The number of hydrogen-bond acceptors (Lipinski definition) is 5. The summed E-state index contributed by atoms with van der Waals surface area (Å²) in [6.07, 6.45) is 5.18. The zero-order chi connectivity index (χ0) is 17.3. The Bertz CT molecular complexity index is 699. The van der Waals surface area contributed by atoms with Crippen molar-refractivity contribution >= 4 is 11.6 Å². The molecule has 6 heteroatoms. The molecular weight excluding hydrogens is 330 g/mol. The topological polar surface area (TPSA) is 73.2 Å². The summed E-state index contributed by atoms with van der Waals surface area (Å²) in [5, 5.41) is 29.5. The van der Waals surface area contributed by atoms with Crippen LogP contribution in [0.15, 0.2) is 35.1 Å². The number of halogens is 1. The molecule has 0 saturated heterocycles. The second-order valence-corrected chi connectivity index (χ2v) is 6.65. The van der Waals surface area contributed by atoms with E-state index in [4.69, 9.17) is 16.3 Å². The molecule has 5 nitrogen and oxygen atoms in total. The lowest BCUT2D eigenvalue weighted by Crippen LogP contribution is -2.43. The van der Waals surface area contributed by atoms with Crippen molar-refractivity contribution in [1.82, 2.24) is 4.90 Å². The summed E-state index contributed by atoms with van der Waals surface area (Å²) in [5.74, 6) is 0.585. The molecule has 24 heavy (non-hydrogen) atoms. The van der Waals surface area contributed by atoms with Gasteiger partial charge in [0.25, 0.3) is 0 Å². The van der Waals surface area contributed by atoms with Crippen molar-refractivity contribution in [3.05, 3.63) is 45.7 Å². The fourth-order valence-electron chi connectivity index (χ4n) is 3.58. The van der Waals surface area contributed by atoms with Crippen LogP contribution in [-0.2, 0) is 11.2 Å². The van der Waals surface area contributed by atoms with E-state index >= 15 is 0 Å². The molecule has 1 unspecified atom stereocenters. The molecular formula is C18H22ClNO4. The molecule has 0 aromatic heterocycles. The van der Waals surface area contributed by atoms with Crippen LogP contribution in [-0.4, -0.2) is 46.6 Å². The Labute approximate surface area is 146 Å². The van der Waals surface area contributed by atoms with E-state index in [9.17, 15) is 15.3 Å². The maximum absolute atomic E-state index is 9.77. The van der Waals surface area contributed by atoms with Gasteiger partial charge in [0.1, 0.15) is 0 Å². The maximum atomic E-state index is 9.77. The van der Waals surface area contributed by atoms with Gasteiger partial charge in [-0.15, -0.1) is 0 Å². The van der Waals surface area contributed by atoms with Gasteiger partial charge in [-0.2, -0.15) is 0 Å². The maximum Gasteiger partial charge on any atom is 0.158 e. The number of aliphatic hydroxyl groups is 1. The summed E-state index contributed by atoms with van der Waals surface area (Å²) >= 11 is 6.23. The third-order valence-electron chi connectivity index (χ3n) is 4.94. The lowest BCUT2D eigenvalue weighted by molar-refractivity contribution is 0.0723. The van der Waals surface area contributed by atoms with Crippen molar-refractivity contribution in [1.29, 1.82) is 0 Å². The number of phenols is 2. The highest BCUT2D eigenvalue weighted by atomic mass is 35.5. The Morgan fingerprint density at radius 3 is 2.75 bits per heavy atom. The molecule has 3 rings (SSSR count). The number of nitrogens with zero attached hydrogens (tertiary/aromatic N) is 1. The van der Waals surface area contributed by atoms with Crippen molar-refractivity contribution < 1.29 is 20.1 Å². The minimum absolute atomic E-state index is 0.0230. The van der Waals surface area contributed by atoms with Crippen molar-refractivity contribution in [3.63, 3.8) is 0 Å². The second-order valence-electron chi connectivity index (χ2n) is 6.24. The molecule has 3 N–H and O–H groups in total. The summed E-state index contributed by atoms with van der Waals surface area (Å²) in [7, 11) is 1.69. The highest BCUT2D eigenvalue weighted by Crippen LogP contribution is 2.38. The smallest absolute Gasteiger partial charge is 0.158 e. The van der Waals surface area contributed by atoms with Crippen molar-refractivity contribution in [2.24, 2.45) is 0 Å². The molecule has 2 aliphatic rings. The first kappa shape index (κ1) is 17.1. The predicted octanol–water partition coefficient (Wildman–Crippen LogP) is 2.94. The molecule has 1 atom stereocenters. The summed E-state index contributed by atoms with van der Waals surface area (Å²) in [6, 6.07) is 2.88. The predicted molar refractivity (Wildman–Crippen MR) is 92.0 cm³/mol. The van der Waals surface area contributed by atoms with Crippen LogP contribution in [0.3, 0.4) is 0 Å². The zero-order valence-electron chi connectivity index (χ0n) is 13.6. The highest BCUT2D eigenvalue weighted by molar-refractivity contribution is 6.31. The third-order valence-corrected chi connectivity index (χ3v) is 5.29. The number of rotatable bonds is 4. The lowest BCUT2D eigenvalue weighted by Gasteiger charge is -2.39. The molecule has 0 spiro atoms. The molecule has 0 fully saturated rings. The van der Waals surface area contributed by atoms with E-state index in [1.807, 2.05) is 4.90 Å². The molecule has 0 saturated carbocycles. The standard InChI is InChI=1S/C18H22ClNO4/c1-24-13-2-3-14-11(6-13)4-5-20(10-21)16(14)7-12-8-17(22)18(23)9-15(12)19/h2,8-9,16,21-23H,3-7,10H2,1H3. The second kappa shape index (κ2) is 7.05. The third kappa shape index (κ3) is 3.24. The number of ether oxygens (including phenoxy) is 1. The van der Waals surface area contributed by atoms with Crippen molar-refractivity contribution in [3.8, 4) is 11.5 Å². The molecule has 0 radical (unpaired) electrons. The van der Waals surface area contributed by atoms with Gasteiger partial charge in [-0.3, -0.25) is 4.90 Å². The summed E-state index contributed by atoms with van der Waals surface area (Å²) in [5.41, 5.74) is 3.41. The zero-order valence-corrected chi connectivity index (χ0v) is 14.4. The van der Waals surface area contributed by atoms with E-state index in [0.717, 1.165) is 37.1 Å². The Kier molecular flexibility index (Phi) is 5.04. The average molecular weight is 352 g/mol. The fraction of sp³-hybridized carbons (Fsp3) is 0.444. The monoisotopic (exact) mass is 351 g/mol. The number of aliphatic hydroxyl groups excluding tert-OH is 1. The van der Waals surface area contributed by atoms with Crippen molar-refractivity contribution in [2.75, 3.05) is 20.4 Å². The summed E-state index contributed by atoms with van der Waals surface area (Å²) in [6.45, 7) is 0.753. The minimum Gasteiger partial charge on any atom is -0.504 e. The van der Waals surface area contributed by atoms with E-state index in [2.05, 4.69) is 6.08 Å². The van der Waals surface area contributed by atoms with E-state index in [1.54, 1.807) is 7.11 Å². The van der Waals surface area contributed by atoms with Crippen LogP contribution in [0.5, 0.6) is 11.5 Å². The Hall–Kier alpha value is -1.69. The first-order valence-electron chi connectivity index (χ1n) is 8.02. The molecule has 0 amide bonds. The van der Waals surface area contributed by atoms with Crippen LogP contribution in [0.25, 0.3) is 0 Å². The van der Waals surface area contributed by atoms with Gasteiger partial charge < -0.3 is 20.1 Å². The van der Waals surface area contributed by atoms with Gasteiger partial charge in [-0.1, -0.05) is 17.2 Å². The molecule has 1 heterocycles. The highest BCUT2D eigenvalue weighted by Gasteiger charge is 2.31. The largest absolute Gasteiger partial charge is 0.504 e. The molecule has 1 aliphatic carbocycles. The summed E-state index contributed by atoms with van der Waals surface area (Å²) in [4.78, 5) is 2.02. The number of allylic oxidation sites excluding steroid dienone is 2. The minimum atomic E-state index is -0.225. The number of phenolic OH excluding ortho intramolecular Hbond substituents is 2. The molecule has 1 aliphatic heterocycles. The normalized spacial score (nSPS) is 21.5. The fourth-order valence-corrected chi connectivity index (χ4v) is 3.81. The van der Waals surface area contributed by atoms with E-state index in [-0.39, 0.29) is 24.3 Å². The van der Waals surface area contributed by atoms with Gasteiger partial charge in [0.15, 0.2) is 11.5 Å². The van der Waals surface area contributed by atoms with Crippen LogP contribution in [0.4, 0.5) is 0 Å². The van der Waals surface area contributed by atoms with Crippen LogP contribution in [0.2, 0.25) is 5.02 Å². The number of benzene rings is 1. The molecule has 1 aromatic carbocycles. The van der Waals surface area contributed by atoms with Gasteiger partial charge in [0.05, 0.1) is 19.6 Å². The molecule has 0 bridgehead atoms. The van der Waals surface area contributed by atoms with Gasteiger partial charge in [0, 0.05) is 30.1 Å². The van der Waals surface area contributed by atoms with Gasteiger partial charge in [-0.25, -0.2) is 0 Å². The van der Waals surface area contributed by atoms with Gasteiger partial charge in [-0.05, 0) is 42.5 Å². The van der Waals surface area contributed by atoms with Crippen molar-refractivity contribution in [2.45, 2.75) is 31.7 Å². The SMILES string of the molecule is COC1=CCC2=C(CCN(CO)C2Cc2cc(O)c(O)cc2Cl)C1.